The van der Waals surface area contributed by atoms with Crippen molar-refractivity contribution in [1.29, 1.82) is 0 Å². The van der Waals surface area contributed by atoms with Crippen LogP contribution in [0.25, 0.3) is 11.1 Å². The fourth-order valence-corrected chi connectivity index (χ4v) is 4.77. The maximum absolute atomic E-state index is 14.6. The molecule has 8 heteroatoms. The van der Waals surface area contributed by atoms with Crippen LogP contribution in [0.5, 0.6) is 11.5 Å². The topological polar surface area (TPSA) is 73.9 Å². The largest absolute Gasteiger partial charge is 0.593 e. The van der Waals surface area contributed by atoms with Gasteiger partial charge in [-0.15, -0.1) is 4.31 Å². The van der Waals surface area contributed by atoms with Crippen LogP contribution in [0.3, 0.4) is 0 Å². The molecule has 1 N–H and O–H groups in total. The van der Waals surface area contributed by atoms with Gasteiger partial charge in [0.2, 0.25) is 12.7 Å². The van der Waals surface area contributed by atoms with E-state index in [1.54, 1.807) is 48.7 Å². The molecule has 0 radical (unpaired) electrons. The van der Waals surface area contributed by atoms with E-state index in [9.17, 15) is 13.7 Å². The number of fused-ring (bicyclic) bond motifs is 1. The van der Waals surface area contributed by atoms with Crippen LogP contribution in [0, 0.1) is 5.82 Å². The molecule has 1 fully saturated rings. The molecule has 0 saturated heterocycles. The molecule has 1 heterocycles. The number of benzene rings is 3. The maximum Gasteiger partial charge on any atom is 0.235 e. The average molecular weight is 467 g/mol. The van der Waals surface area contributed by atoms with Gasteiger partial charge in [-0.1, -0.05) is 12.1 Å². The van der Waals surface area contributed by atoms with Crippen LogP contribution in [0.15, 0.2) is 65.6 Å². The molecule has 0 spiro atoms. The number of anilines is 1. The molecule has 1 amide bonds. The second-order valence-electron chi connectivity index (χ2n) is 8.38. The Morgan fingerprint density at radius 2 is 1.70 bits per heavy atom. The minimum Gasteiger partial charge on any atom is -0.593 e. The Hall–Kier alpha value is -3.07. The first-order chi connectivity index (χ1) is 15.9. The summed E-state index contributed by atoms with van der Waals surface area (Å²) in [4.78, 5) is 13.9. The third-order valence-electron chi connectivity index (χ3n) is 6.05. The van der Waals surface area contributed by atoms with Gasteiger partial charge < -0.3 is 19.3 Å². The van der Waals surface area contributed by atoms with Gasteiger partial charge in [-0.2, -0.15) is 0 Å². The van der Waals surface area contributed by atoms with Crippen molar-refractivity contribution in [3.63, 3.8) is 0 Å². The fraction of sp³-hybridized carbons (Fsp3) is 0.240. The van der Waals surface area contributed by atoms with Crippen molar-refractivity contribution < 1.29 is 23.2 Å². The number of carbonyl (C=O) groups is 1. The lowest BCUT2D eigenvalue weighted by Gasteiger charge is -2.17. The molecule has 1 unspecified atom stereocenters. The normalized spacial score (nSPS) is 16.5. The highest BCUT2D eigenvalue weighted by molar-refractivity contribution is 7.89. The van der Waals surface area contributed by atoms with Crippen LogP contribution in [0.4, 0.5) is 10.1 Å². The summed E-state index contributed by atoms with van der Waals surface area (Å²) < 4.78 is 39.2. The number of carbonyl (C=O) groups excluding carboxylic acids is 1. The number of nitrogens with zero attached hydrogens (tertiary/aromatic N) is 1. The zero-order valence-electron chi connectivity index (χ0n) is 18.3. The van der Waals surface area contributed by atoms with Crippen LogP contribution in [0.1, 0.15) is 18.4 Å². The second-order valence-corrected chi connectivity index (χ2v) is 10.1. The lowest BCUT2D eigenvalue weighted by Crippen LogP contribution is -2.28. The van der Waals surface area contributed by atoms with E-state index in [0.29, 0.717) is 29.2 Å². The van der Waals surface area contributed by atoms with E-state index in [0.717, 1.165) is 16.7 Å². The van der Waals surface area contributed by atoms with Gasteiger partial charge >= 0.3 is 0 Å². The molecule has 170 valence electrons. The van der Waals surface area contributed by atoms with Crippen molar-refractivity contribution >= 4 is 23.0 Å². The predicted molar refractivity (Wildman–Crippen MR) is 124 cm³/mol. The lowest BCUT2D eigenvalue weighted by atomic mass is 9.94. The highest BCUT2D eigenvalue weighted by Gasteiger charge is 2.51. The zero-order chi connectivity index (χ0) is 23.2. The Labute approximate surface area is 194 Å². The van der Waals surface area contributed by atoms with Gasteiger partial charge in [0.05, 0.1) is 22.5 Å². The van der Waals surface area contributed by atoms with Crippen molar-refractivity contribution in [3.8, 4) is 22.6 Å². The number of hydrogen-bond donors (Lipinski definition) is 1. The zero-order valence-corrected chi connectivity index (χ0v) is 19.1. The van der Waals surface area contributed by atoms with Gasteiger partial charge in [-0.05, 0) is 78.1 Å². The fourth-order valence-electron chi connectivity index (χ4n) is 3.98. The standard InChI is InChI=1S/C25H23FN2O4S/c1-28(2)33(30)19-7-3-16(4-8-19)17-5-9-20(26)21(13-17)27-24(29)25(11-12-25)18-6-10-22-23(14-18)32-15-31-22/h3-10,13-14H,11-12,15H2,1-2H3,(H,27,29). The Bertz CT molecular complexity index is 1210. The molecule has 0 bridgehead atoms. The summed E-state index contributed by atoms with van der Waals surface area (Å²) in [5.74, 6) is 0.542. The van der Waals surface area contributed by atoms with Gasteiger partial charge in [0, 0.05) is 14.1 Å². The summed E-state index contributed by atoms with van der Waals surface area (Å²) in [6, 6.07) is 17.4. The van der Waals surface area contributed by atoms with Gasteiger partial charge in [0.1, 0.15) is 5.82 Å². The van der Waals surface area contributed by atoms with E-state index < -0.39 is 22.6 Å². The summed E-state index contributed by atoms with van der Waals surface area (Å²) in [7, 11) is 3.49. The van der Waals surface area contributed by atoms with Crippen molar-refractivity contribution in [2.24, 2.45) is 0 Å². The molecular weight excluding hydrogens is 443 g/mol. The molecule has 0 aromatic heterocycles. The number of hydrogen-bond acceptors (Lipinski definition) is 5. The van der Waals surface area contributed by atoms with Crippen LogP contribution < -0.4 is 14.8 Å². The Kier molecular flexibility index (Phi) is 5.52. The van der Waals surface area contributed by atoms with Crippen LogP contribution >= 0.6 is 0 Å². The quantitative estimate of drug-likeness (QED) is 0.543. The van der Waals surface area contributed by atoms with E-state index in [1.807, 2.05) is 24.3 Å². The molecule has 1 atom stereocenters. The molecule has 3 aromatic carbocycles. The van der Waals surface area contributed by atoms with Crippen molar-refractivity contribution in [3.05, 3.63) is 72.0 Å². The minimum absolute atomic E-state index is 0.130. The van der Waals surface area contributed by atoms with Crippen molar-refractivity contribution in [2.75, 3.05) is 26.2 Å². The molecule has 1 aliphatic carbocycles. The summed E-state index contributed by atoms with van der Waals surface area (Å²) in [6.45, 7) is 0.169. The molecule has 2 aliphatic rings. The monoisotopic (exact) mass is 466 g/mol. The first-order valence-electron chi connectivity index (χ1n) is 10.6. The van der Waals surface area contributed by atoms with Gasteiger partial charge in [-0.3, -0.25) is 4.79 Å². The SMILES string of the molecule is CN(C)[S+]([O-])c1ccc(-c2ccc(F)c(NC(=O)C3(c4ccc5c(c4)OCO5)CC3)c2)cc1. The third-order valence-corrected chi connectivity index (χ3v) is 7.38. The van der Waals surface area contributed by atoms with E-state index in [2.05, 4.69) is 5.32 Å². The van der Waals surface area contributed by atoms with Gasteiger partial charge in [0.15, 0.2) is 16.4 Å². The first kappa shape index (κ1) is 21.8. The average Bonchev–Trinajstić information content (AvgIpc) is 3.51. The summed E-state index contributed by atoms with van der Waals surface area (Å²) >= 11 is -1.24. The van der Waals surface area contributed by atoms with Crippen molar-refractivity contribution in [2.45, 2.75) is 23.2 Å². The van der Waals surface area contributed by atoms with E-state index >= 15 is 0 Å². The molecule has 6 nitrogen and oxygen atoms in total. The van der Waals surface area contributed by atoms with Crippen LogP contribution in [-0.4, -0.2) is 35.7 Å². The Morgan fingerprint density at radius 3 is 2.39 bits per heavy atom. The lowest BCUT2D eigenvalue weighted by molar-refractivity contribution is -0.118. The van der Waals surface area contributed by atoms with Gasteiger partial charge in [-0.25, -0.2) is 4.39 Å². The van der Waals surface area contributed by atoms with Crippen molar-refractivity contribution in [1.82, 2.24) is 4.31 Å². The number of ether oxygens (including phenoxy) is 2. The maximum atomic E-state index is 14.6. The smallest absolute Gasteiger partial charge is 0.235 e. The molecule has 3 aromatic rings. The van der Waals surface area contributed by atoms with E-state index in [4.69, 9.17) is 9.47 Å². The summed E-state index contributed by atoms with van der Waals surface area (Å²) in [5, 5.41) is 2.79. The summed E-state index contributed by atoms with van der Waals surface area (Å²) in [5.41, 5.74) is 1.86. The van der Waals surface area contributed by atoms with Gasteiger partial charge in [0.25, 0.3) is 0 Å². The number of nitrogens with one attached hydrogen (secondary N) is 1. The Balaban J connectivity index is 1.37. The van der Waals surface area contributed by atoms with Crippen LogP contribution in [-0.2, 0) is 21.6 Å². The van der Waals surface area contributed by atoms with E-state index in [1.165, 1.54) is 6.07 Å². The number of rotatable bonds is 6. The highest BCUT2D eigenvalue weighted by Crippen LogP contribution is 2.51. The number of halogens is 1. The number of amides is 1. The molecular formula is C25H23FN2O4S. The third kappa shape index (κ3) is 4.06. The molecule has 33 heavy (non-hydrogen) atoms. The minimum atomic E-state index is -1.24. The Morgan fingerprint density at radius 1 is 1.00 bits per heavy atom. The van der Waals surface area contributed by atoms with E-state index in [-0.39, 0.29) is 18.4 Å². The summed E-state index contributed by atoms with van der Waals surface area (Å²) in [6.07, 6.45) is 1.37. The molecule has 1 saturated carbocycles. The second kappa shape index (κ2) is 8.37. The van der Waals surface area contributed by atoms with Crippen LogP contribution in [0.2, 0.25) is 0 Å². The highest BCUT2D eigenvalue weighted by atomic mass is 32.2. The molecule has 1 aliphatic heterocycles. The molecule has 5 rings (SSSR count). The predicted octanol–water partition coefficient (Wildman–Crippen LogP) is 4.48. The first-order valence-corrected chi connectivity index (χ1v) is 11.7.